The molecule has 0 aliphatic heterocycles. The van der Waals surface area contributed by atoms with Gasteiger partial charge < -0.3 is 15.1 Å². The van der Waals surface area contributed by atoms with Crippen LogP contribution in [0.2, 0.25) is 0 Å². The van der Waals surface area contributed by atoms with Crippen LogP contribution in [0.25, 0.3) is 0 Å². The van der Waals surface area contributed by atoms with Crippen molar-refractivity contribution in [2.24, 2.45) is 0 Å². The monoisotopic (exact) mass is 445 g/mol. The number of thioether (sulfide) groups is 1. The fourth-order valence-corrected chi connectivity index (χ4v) is 4.25. The number of hydrogen-bond acceptors (Lipinski definition) is 5. The van der Waals surface area contributed by atoms with Crippen molar-refractivity contribution < 1.29 is 9.21 Å². The highest BCUT2D eigenvalue weighted by Gasteiger charge is 2.18. The number of nitrogens with one attached hydrogen (secondary N) is 2. The molecule has 0 aliphatic carbocycles. The van der Waals surface area contributed by atoms with E-state index in [9.17, 15) is 10.1 Å². The molecule has 32 heavy (non-hydrogen) atoms. The second kappa shape index (κ2) is 10.7. The highest BCUT2D eigenvalue weighted by molar-refractivity contribution is 8.02. The van der Waals surface area contributed by atoms with Crippen LogP contribution in [0.3, 0.4) is 0 Å². The van der Waals surface area contributed by atoms with E-state index in [4.69, 9.17) is 4.42 Å². The summed E-state index contributed by atoms with van der Waals surface area (Å²) in [6.07, 6.45) is 1.55. The lowest BCUT2D eigenvalue weighted by atomic mass is 10.1. The number of amides is 1. The van der Waals surface area contributed by atoms with Crippen molar-refractivity contribution >= 4 is 23.4 Å². The average Bonchev–Trinajstić information content (AvgIpc) is 3.28. The lowest BCUT2D eigenvalue weighted by molar-refractivity contribution is -0.117. The third-order valence-corrected chi connectivity index (χ3v) is 6.25. The quantitative estimate of drug-likeness (QED) is 0.333. The number of anilines is 1. The van der Waals surface area contributed by atoms with Crippen LogP contribution >= 0.6 is 11.8 Å². The topological polar surface area (TPSA) is 78.1 Å². The molecular formula is C26H27N3O2S. The van der Waals surface area contributed by atoms with Gasteiger partial charge in [0.05, 0.1) is 17.8 Å². The summed E-state index contributed by atoms with van der Waals surface area (Å²) in [7, 11) is 0. The highest BCUT2D eigenvalue weighted by Crippen LogP contribution is 2.28. The first-order chi connectivity index (χ1) is 15.4. The molecule has 0 saturated carbocycles. The van der Waals surface area contributed by atoms with Crippen LogP contribution in [0.15, 0.2) is 69.8 Å². The van der Waals surface area contributed by atoms with E-state index in [0.717, 1.165) is 16.8 Å². The van der Waals surface area contributed by atoms with Crippen molar-refractivity contribution in [3.05, 3.63) is 99.0 Å². The maximum absolute atomic E-state index is 12.9. The largest absolute Gasteiger partial charge is 0.467 e. The molecule has 0 aliphatic rings. The minimum Gasteiger partial charge on any atom is -0.467 e. The number of benzene rings is 2. The first kappa shape index (κ1) is 23.2. The molecular weight excluding hydrogens is 418 g/mol. The van der Waals surface area contributed by atoms with Crippen molar-refractivity contribution in [1.82, 2.24) is 5.32 Å². The molecule has 164 valence electrons. The number of nitriles is 1. The van der Waals surface area contributed by atoms with Crippen molar-refractivity contribution in [3.8, 4) is 6.07 Å². The molecule has 0 atom stereocenters. The highest BCUT2D eigenvalue weighted by atomic mass is 32.2. The summed E-state index contributed by atoms with van der Waals surface area (Å²) in [5.41, 5.74) is 6.75. The zero-order valence-corrected chi connectivity index (χ0v) is 19.6. The van der Waals surface area contributed by atoms with Gasteiger partial charge in [-0.15, -0.1) is 11.8 Å². The summed E-state index contributed by atoms with van der Waals surface area (Å²) in [4.78, 5) is 12.9. The van der Waals surface area contributed by atoms with Gasteiger partial charge in [0.2, 0.25) is 0 Å². The van der Waals surface area contributed by atoms with Gasteiger partial charge in [-0.25, -0.2) is 0 Å². The number of aryl methyl sites for hydroxylation is 4. The van der Waals surface area contributed by atoms with E-state index in [1.165, 1.54) is 28.5 Å². The van der Waals surface area contributed by atoms with Crippen molar-refractivity contribution in [1.29, 1.82) is 5.26 Å². The number of carbonyl (C=O) groups is 1. The molecule has 2 aromatic carbocycles. The summed E-state index contributed by atoms with van der Waals surface area (Å²) in [6.45, 7) is 8.44. The van der Waals surface area contributed by atoms with Gasteiger partial charge in [-0.05, 0) is 74.2 Å². The van der Waals surface area contributed by atoms with E-state index in [2.05, 4.69) is 48.7 Å². The number of hydrogen-bond donors (Lipinski definition) is 2. The van der Waals surface area contributed by atoms with Gasteiger partial charge in [0.1, 0.15) is 17.4 Å². The van der Waals surface area contributed by atoms with Crippen LogP contribution in [-0.2, 0) is 17.1 Å². The molecule has 1 heterocycles. The minimum absolute atomic E-state index is 0.0459. The minimum atomic E-state index is -0.441. The number of furan rings is 1. The van der Waals surface area contributed by atoms with Crippen LogP contribution < -0.4 is 10.6 Å². The Balaban J connectivity index is 1.87. The van der Waals surface area contributed by atoms with Crippen LogP contribution in [0.4, 0.5) is 5.69 Å². The van der Waals surface area contributed by atoms with E-state index >= 15 is 0 Å². The predicted molar refractivity (Wildman–Crippen MR) is 130 cm³/mol. The Hall–Kier alpha value is -3.43. The van der Waals surface area contributed by atoms with Crippen LogP contribution in [0.5, 0.6) is 0 Å². The molecule has 1 amide bonds. The smallest absolute Gasteiger partial charge is 0.265 e. The fourth-order valence-electron chi connectivity index (χ4n) is 3.15. The third-order valence-electron chi connectivity index (χ3n) is 5.20. The maximum atomic E-state index is 12.9. The van der Waals surface area contributed by atoms with Gasteiger partial charge in [-0.2, -0.15) is 5.26 Å². The number of nitrogens with zero attached hydrogens (tertiary/aromatic N) is 1. The van der Waals surface area contributed by atoms with Crippen molar-refractivity contribution in [3.63, 3.8) is 0 Å². The lowest BCUT2D eigenvalue weighted by Gasteiger charge is -2.15. The normalized spacial score (nSPS) is 11.5. The van der Waals surface area contributed by atoms with E-state index < -0.39 is 5.91 Å². The van der Waals surface area contributed by atoms with Crippen LogP contribution in [0.1, 0.15) is 33.6 Å². The van der Waals surface area contributed by atoms with E-state index in [1.807, 2.05) is 32.0 Å². The molecule has 1 aromatic heterocycles. The lowest BCUT2D eigenvalue weighted by Crippen LogP contribution is -2.25. The zero-order valence-electron chi connectivity index (χ0n) is 18.8. The third kappa shape index (κ3) is 6.05. The maximum Gasteiger partial charge on any atom is 0.265 e. The fraction of sp³-hybridized carbons (Fsp3) is 0.231. The van der Waals surface area contributed by atoms with Gasteiger partial charge in [-0.3, -0.25) is 4.79 Å². The summed E-state index contributed by atoms with van der Waals surface area (Å²) in [6, 6.07) is 17.9. The van der Waals surface area contributed by atoms with Gasteiger partial charge in [0, 0.05) is 11.4 Å². The molecule has 0 radical (unpaired) electrons. The van der Waals surface area contributed by atoms with E-state index in [-0.39, 0.29) is 12.1 Å². The molecule has 5 nitrogen and oxygen atoms in total. The van der Waals surface area contributed by atoms with Crippen LogP contribution in [-0.4, -0.2) is 5.91 Å². The summed E-state index contributed by atoms with van der Waals surface area (Å²) < 4.78 is 5.27. The number of rotatable bonds is 8. The van der Waals surface area contributed by atoms with Gasteiger partial charge in [0.15, 0.2) is 0 Å². The Morgan fingerprint density at radius 1 is 1.03 bits per heavy atom. The Morgan fingerprint density at radius 3 is 2.50 bits per heavy atom. The van der Waals surface area contributed by atoms with E-state index in [1.54, 1.807) is 18.4 Å². The Bertz CT molecular complexity index is 1170. The second-order valence-corrected chi connectivity index (χ2v) is 8.71. The molecule has 3 rings (SSSR count). The first-order valence-corrected chi connectivity index (χ1v) is 11.3. The molecule has 0 fully saturated rings. The predicted octanol–water partition coefficient (Wildman–Crippen LogP) is 5.91. The SMILES string of the molecule is Cc1ccc(CSC(Nc2ccc(C)c(C)c2)=C(C#N)C(=O)NCc2ccco2)c(C)c1. The van der Waals surface area contributed by atoms with Crippen molar-refractivity contribution in [2.45, 2.75) is 40.0 Å². The van der Waals surface area contributed by atoms with Crippen LogP contribution in [0, 0.1) is 39.0 Å². The number of carbonyl (C=O) groups excluding carboxylic acids is 1. The Labute approximate surface area is 193 Å². The van der Waals surface area contributed by atoms with E-state index in [0.29, 0.717) is 16.5 Å². The second-order valence-electron chi connectivity index (χ2n) is 7.72. The standard InChI is InChI=1S/C26H27N3O2S/c1-17-7-9-21(20(4)12-17)16-32-26(29-22-10-8-18(2)19(3)13-22)24(14-27)25(30)28-15-23-6-5-11-31-23/h5-13,29H,15-16H2,1-4H3,(H,28,30). The van der Waals surface area contributed by atoms with Gasteiger partial charge in [-0.1, -0.05) is 29.8 Å². The Morgan fingerprint density at radius 2 is 1.84 bits per heavy atom. The Kier molecular flexibility index (Phi) is 7.80. The molecule has 6 heteroatoms. The molecule has 0 unspecified atom stereocenters. The summed E-state index contributed by atoms with van der Waals surface area (Å²) in [5.74, 6) is 0.821. The molecule has 0 bridgehead atoms. The summed E-state index contributed by atoms with van der Waals surface area (Å²) in [5, 5.41) is 16.4. The average molecular weight is 446 g/mol. The van der Waals surface area contributed by atoms with Gasteiger partial charge >= 0.3 is 0 Å². The molecule has 0 spiro atoms. The van der Waals surface area contributed by atoms with Crippen molar-refractivity contribution in [2.75, 3.05) is 5.32 Å². The molecule has 2 N–H and O–H groups in total. The molecule has 0 saturated heterocycles. The molecule has 3 aromatic rings. The zero-order chi connectivity index (χ0) is 23.1. The van der Waals surface area contributed by atoms with Gasteiger partial charge in [0.25, 0.3) is 5.91 Å². The summed E-state index contributed by atoms with van der Waals surface area (Å²) >= 11 is 1.45. The first-order valence-electron chi connectivity index (χ1n) is 10.4.